The molecule has 0 aliphatic heterocycles. The first-order chi connectivity index (χ1) is 18.0. The lowest BCUT2D eigenvalue weighted by Crippen LogP contribution is -2.49. The van der Waals surface area contributed by atoms with Crippen LogP contribution in [0.2, 0.25) is 0 Å². The van der Waals surface area contributed by atoms with Crippen LogP contribution in [0.4, 0.5) is 26.3 Å². The van der Waals surface area contributed by atoms with Gasteiger partial charge >= 0.3 is 12.4 Å². The van der Waals surface area contributed by atoms with Gasteiger partial charge in [0.05, 0.1) is 29.2 Å². The van der Waals surface area contributed by atoms with Crippen molar-refractivity contribution >= 4 is 21.7 Å². The number of sulfone groups is 1. The monoisotopic (exact) mass is 584 g/mol. The van der Waals surface area contributed by atoms with Crippen LogP contribution < -0.4 is 10.6 Å². The van der Waals surface area contributed by atoms with E-state index in [9.17, 15) is 44.3 Å². The second-order valence-electron chi connectivity index (χ2n) is 9.49. The number of nitrogens with zero attached hydrogens (tertiary/aromatic N) is 4. The third kappa shape index (κ3) is 7.67. The zero-order valence-corrected chi connectivity index (χ0v) is 21.6. The van der Waals surface area contributed by atoms with Crippen LogP contribution in [0.3, 0.4) is 0 Å². The molecule has 1 heterocycles. The van der Waals surface area contributed by atoms with Crippen molar-refractivity contribution in [3.8, 4) is 0 Å². The number of nitrogens with one attached hydrogen (secondary N) is 2. The molecule has 2 amide bonds. The zero-order valence-electron chi connectivity index (χ0n) is 20.8. The van der Waals surface area contributed by atoms with Crippen LogP contribution >= 0.6 is 0 Å². The second-order valence-corrected chi connectivity index (χ2v) is 12.1. The molecule has 17 heteroatoms. The van der Waals surface area contributed by atoms with Gasteiger partial charge in [0.1, 0.15) is 0 Å². The number of rotatable bonds is 8. The van der Waals surface area contributed by atoms with E-state index in [0.29, 0.717) is 10.7 Å². The number of alkyl halides is 6. The number of hydrogen-bond acceptors (Lipinski definition) is 7. The number of aromatic nitrogens is 4. The first-order valence-electron chi connectivity index (χ1n) is 11.8. The van der Waals surface area contributed by atoms with E-state index in [0.717, 1.165) is 18.2 Å². The molecule has 216 valence electrons. The summed E-state index contributed by atoms with van der Waals surface area (Å²) in [5.41, 5.74) is -1.36. The normalized spacial score (nSPS) is 20.6. The summed E-state index contributed by atoms with van der Waals surface area (Å²) < 4.78 is 105. The third-order valence-electron chi connectivity index (χ3n) is 6.42. The minimum absolute atomic E-state index is 0.0817. The molecule has 2 aromatic rings. The molecule has 1 saturated carbocycles. The van der Waals surface area contributed by atoms with Gasteiger partial charge in [0.2, 0.25) is 5.91 Å². The summed E-state index contributed by atoms with van der Waals surface area (Å²) >= 11 is 0. The van der Waals surface area contributed by atoms with E-state index in [1.807, 2.05) is 0 Å². The van der Waals surface area contributed by atoms with Crippen LogP contribution in [-0.2, 0) is 27.0 Å². The molecule has 0 bridgehead atoms. The van der Waals surface area contributed by atoms with E-state index in [2.05, 4.69) is 26.2 Å². The summed E-state index contributed by atoms with van der Waals surface area (Å²) in [5.74, 6) is -4.23. The Morgan fingerprint density at radius 1 is 1.10 bits per heavy atom. The van der Waals surface area contributed by atoms with Crippen LogP contribution in [0.5, 0.6) is 0 Å². The maximum absolute atomic E-state index is 13.3. The Kier molecular flexibility index (Phi) is 8.92. The topological polar surface area (TPSA) is 136 Å². The molecule has 2 N–H and O–H groups in total. The number of tetrazole rings is 1. The lowest BCUT2D eigenvalue weighted by molar-refractivity contribution is -0.149. The molecule has 39 heavy (non-hydrogen) atoms. The van der Waals surface area contributed by atoms with E-state index < -0.39 is 80.9 Å². The van der Waals surface area contributed by atoms with Gasteiger partial charge in [-0.2, -0.15) is 26.3 Å². The van der Waals surface area contributed by atoms with Crippen molar-refractivity contribution < 1.29 is 44.3 Å². The third-order valence-corrected chi connectivity index (χ3v) is 8.75. The van der Waals surface area contributed by atoms with Gasteiger partial charge in [-0.25, -0.2) is 13.1 Å². The Balaban J connectivity index is 1.70. The number of carbonyl (C=O) groups is 2. The predicted octanol–water partition coefficient (Wildman–Crippen LogP) is 2.79. The van der Waals surface area contributed by atoms with E-state index in [1.165, 1.54) is 13.8 Å². The lowest BCUT2D eigenvalue weighted by Gasteiger charge is -2.37. The van der Waals surface area contributed by atoms with Crippen LogP contribution in [0.25, 0.3) is 0 Å². The lowest BCUT2D eigenvalue weighted by atomic mass is 9.82. The van der Waals surface area contributed by atoms with E-state index in [-0.39, 0.29) is 24.8 Å². The molecular formula is C22H26F6N6O4S. The van der Waals surface area contributed by atoms with E-state index >= 15 is 0 Å². The maximum Gasteiger partial charge on any atom is 0.453 e. The number of carbonyl (C=O) groups excluding carboxylic acids is 2. The molecule has 1 aliphatic rings. The van der Waals surface area contributed by atoms with Gasteiger partial charge in [-0.3, -0.25) is 9.59 Å². The van der Waals surface area contributed by atoms with Gasteiger partial charge in [0, 0.05) is 11.6 Å². The van der Waals surface area contributed by atoms with Crippen molar-refractivity contribution in [3.63, 3.8) is 0 Å². The van der Waals surface area contributed by atoms with Crippen molar-refractivity contribution in [1.82, 2.24) is 30.8 Å². The quantitative estimate of drug-likeness (QED) is 0.456. The minimum Gasteiger partial charge on any atom is -0.352 e. The van der Waals surface area contributed by atoms with E-state index in [4.69, 9.17) is 0 Å². The summed E-state index contributed by atoms with van der Waals surface area (Å²) in [4.78, 5) is 24.9. The molecular weight excluding hydrogens is 558 g/mol. The molecule has 3 atom stereocenters. The SMILES string of the molecule is CC(C)S(=O)(=O)C[C@H]1C[C@H](n2nnnc2C(F)(F)F)CC[C@@H]1NC(=O)CNC(=O)c1cccc(C(F)(F)F)c1. The molecule has 0 radical (unpaired) electrons. The fraction of sp³-hybridized carbons (Fsp3) is 0.591. The fourth-order valence-electron chi connectivity index (χ4n) is 4.31. The standard InChI is InChI=1S/C22H26F6N6O4S/c1-12(2)39(37,38)11-14-9-16(34-20(22(26,27)28)31-32-33-34)6-7-17(14)30-18(35)10-29-19(36)13-4-3-5-15(8-13)21(23,24)25/h3-5,8,12,14,16-17H,6-7,9-11H2,1-2H3,(H,29,36)(H,30,35)/t14-,16-,17+/m1/s1. The highest BCUT2D eigenvalue weighted by atomic mass is 32.2. The molecule has 1 aromatic carbocycles. The molecule has 0 spiro atoms. The highest BCUT2D eigenvalue weighted by Crippen LogP contribution is 2.37. The Labute approximate surface area is 219 Å². The molecule has 1 aromatic heterocycles. The number of hydrogen-bond donors (Lipinski definition) is 2. The number of amides is 2. The minimum atomic E-state index is -4.83. The molecule has 1 fully saturated rings. The van der Waals surface area contributed by atoms with Crippen LogP contribution in [0.15, 0.2) is 24.3 Å². The maximum atomic E-state index is 13.3. The van der Waals surface area contributed by atoms with Crippen LogP contribution in [0, 0.1) is 5.92 Å². The summed E-state index contributed by atoms with van der Waals surface area (Å²) in [6, 6.07) is 1.97. The zero-order chi connectivity index (χ0) is 29.2. The van der Waals surface area contributed by atoms with Gasteiger partial charge in [-0.05, 0) is 67.7 Å². The first-order valence-corrected chi connectivity index (χ1v) is 13.5. The predicted molar refractivity (Wildman–Crippen MR) is 124 cm³/mol. The van der Waals surface area contributed by atoms with Crippen LogP contribution in [0.1, 0.15) is 60.9 Å². The summed E-state index contributed by atoms with van der Waals surface area (Å²) in [6.45, 7) is 2.29. The average molecular weight is 585 g/mol. The molecule has 0 saturated heterocycles. The summed E-state index contributed by atoms with van der Waals surface area (Å²) in [7, 11) is -3.67. The average Bonchev–Trinajstić information content (AvgIpc) is 3.34. The van der Waals surface area contributed by atoms with Gasteiger partial charge in [0.15, 0.2) is 9.84 Å². The van der Waals surface area contributed by atoms with Gasteiger partial charge in [-0.15, -0.1) is 5.10 Å². The Morgan fingerprint density at radius 3 is 2.41 bits per heavy atom. The van der Waals surface area contributed by atoms with Gasteiger partial charge in [0.25, 0.3) is 11.7 Å². The van der Waals surface area contributed by atoms with Crippen molar-refractivity contribution in [2.45, 2.75) is 62.8 Å². The molecule has 10 nitrogen and oxygen atoms in total. The van der Waals surface area contributed by atoms with Crippen molar-refractivity contribution in [3.05, 3.63) is 41.2 Å². The van der Waals surface area contributed by atoms with Crippen molar-refractivity contribution in [1.29, 1.82) is 0 Å². The Hall–Kier alpha value is -3.24. The van der Waals surface area contributed by atoms with Crippen molar-refractivity contribution in [2.24, 2.45) is 5.92 Å². The Morgan fingerprint density at radius 2 is 1.79 bits per heavy atom. The number of benzene rings is 1. The largest absolute Gasteiger partial charge is 0.453 e. The molecule has 3 rings (SSSR count). The fourth-order valence-corrected chi connectivity index (χ4v) is 5.66. The van der Waals surface area contributed by atoms with E-state index in [1.54, 1.807) is 0 Å². The van der Waals surface area contributed by atoms with Gasteiger partial charge in [-0.1, -0.05) is 6.07 Å². The smallest absolute Gasteiger partial charge is 0.352 e. The second kappa shape index (κ2) is 11.5. The van der Waals surface area contributed by atoms with Crippen molar-refractivity contribution in [2.75, 3.05) is 12.3 Å². The molecule has 1 aliphatic carbocycles. The van der Waals surface area contributed by atoms with Crippen LogP contribution in [-0.4, -0.2) is 64.0 Å². The highest BCUT2D eigenvalue weighted by Gasteiger charge is 2.43. The summed E-state index contributed by atoms with van der Waals surface area (Å²) in [5, 5.41) is 13.6. The molecule has 0 unspecified atom stereocenters. The number of halogens is 6. The van der Waals surface area contributed by atoms with Gasteiger partial charge < -0.3 is 10.6 Å². The highest BCUT2D eigenvalue weighted by molar-refractivity contribution is 7.91. The first kappa shape index (κ1) is 30.3. The Bertz CT molecular complexity index is 1290. The summed E-state index contributed by atoms with van der Waals surface area (Å²) in [6.07, 6.45) is -9.39.